The van der Waals surface area contributed by atoms with E-state index < -0.39 is 6.10 Å². The van der Waals surface area contributed by atoms with Crippen LogP contribution < -0.4 is 0 Å². The van der Waals surface area contributed by atoms with Crippen molar-refractivity contribution >= 4 is 23.1 Å². The molecular weight excluding hydrogens is 266 g/mol. The van der Waals surface area contributed by atoms with Crippen LogP contribution >= 0.6 is 23.1 Å². The second-order valence-electron chi connectivity index (χ2n) is 5.59. The summed E-state index contributed by atoms with van der Waals surface area (Å²) in [5.74, 6) is 0.629. The number of hydrogen-bond donors (Lipinski definition) is 1. The Kier molecular flexibility index (Phi) is 6.11. The van der Waals surface area contributed by atoms with Gasteiger partial charge < -0.3 is 9.84 Å². The number of aliphatic hydroxyl groups is 1. The van der Waals surface area contributed by atoms with Gasteiger partial charge in [0.1, 0.15) is 4.34 Å². The van der Waals surface area contributed by atoms with Gasteiger partial charge in [-0.05, 0) is 19.3 Å². The highest BCUT2D eigenvalue weighted by molar-refractivity contribution is 8.01. The third kappa shape index (κ3) is 5.69. The molecular formula is C13H23NO2S2. The molecule has 0 fully saturated rings. The average Bonchev–Trinajstić information content (AvgIpc) is 2.71. The lowest BCUT2D eigenvalue weighted by molar-refractivity contribution is 0.0152. The summed E-state index contributed by atoms with van der Waals surface area (Å²) in [5, 5.41) is 9.76. The molecule has 0 saturated carbocycles. The maximum absolute atomic E-state index is 9.76. The van der Waals surface area contributed by atoms with Crippen LogP contribution in [-0.4, -0.2) is 34.7 Å². The molecule has 0 amide bonds. The van der Waals surface area contributed by atoms with E-state index in [2.05, 4.69) is 25.8 Å². The van der Waals surface area contributed by atoms with Gasteiger partial charge in [0.25, 0.3) is 0 Å². The van der Waals surface area contributed by atoms with Crippen molar-refractivity contribution in [1.82, 2.24) is 4.98 Å². The molecule has 0 aliphatic carbocycles. The Hall–Kier alpha value is -0.100. The van der Waals surface area contributed by atoms with Crippen molar-refractivity contribution in [3.8, 4) is 0 Å². The summed E-state index contributed by atoms with van der Waals surface area (Å²) >= 11 is 3.30. The number of thioether (sulfide) groups is 1. The van der Waals surface area contributed by atoms with E-state index in [0.29, 0.717) is 12.4 Å². The first kappa shape index (κ1) is 16.0. The lowest BCUT2D eigenvalue weighted by Gasteiger charge is -2.14. The van der Waals surface area contributed by atoms with E-state index in [-0.39, 0.29) is 11.5 Å². The first-order valence-corrected chi connectivity index (χ1v) is 7.98. The number of aromatic nitrogens is 1. The van der Waals surface area contributed by atoms with Gasteiger partial charge in [-0.1, -0.05) is 32.5 Å². The highest BCUT2D eigenvalue weighted by atomic mass is 32.2. The average molecular weight is 289 g/mol. The molecule has 0 aliphatic heterocycles. The number of aliphatic hydroxyl groups excluding tert-OH is 1. The van der Waals surface area contributed by atoms with Crippen LogP contribution in [0.4, 0.5) is 0 Å². The monoisotopic (exact) mass is 289 g/mol. The first-order chi connectivity index (χ1) is 8.29. The maximum Gasteiger partial charge on any atom is 0.150 e. The normalized spacial score (nSPS) is 14.2. The van der Waals surface area contributed by atoms with Gasteiger partial charge in [-0.25, -0.2) is 4.98 Å². The van der Waals surface area contributed by atoms with E-state index in [1.54, 1.807) is 23.1 Å². The van der Waals surface area contributed by atoms with Crippen LogP contribution in [0, 0.1) is 0 Å². The van der Waals surface area contributed by atoms with E-state index in [1.165, 1.54) is 4.88 Å². The van der Waals surface area contributed by atoms with Crippen LogP contribution in [0.2, 0.25) is 0 Å². The highest BCUT2D eigenvalue weighted by Gasteiger charge is 2.17. The second-order valence-corrected chi connectivity index (χ2v) is 7.89. The molecule has 1 atom stereocenters. The SMILES string of the molecule is CC(C)OCC(O)CSc1ncc(C(C)(C)C)s1. The molecule has 5 heteroatoms. The second kappa shape index (κ2) is 6.89. The van der Waals surface area contributed by atoms with E-state index in [4.69, 9.17) is 4.74 Å². The summed E-state index contributed by atoms with van der Waals surface area (Å²) in [6.07, 6.45) is 1.67. The molecule has 0 bridgehead atoms. The van der Waals surface area contributed by atoms with E-state index in [9.17, 15) is 5.11 Å². The van der Waals surface area contributed by atoms with Crippen LogP contribution in [0.5, 0.6) is 0 Å². The van der Waals surface area contributed by atoms with Crippen molar-refractivity contribution < 1.29 is 9.84 Å². The summed E-state index contributed by atoms with van der Waals surface area (Å²) in [4.78, 5) is 5.66. The van der Waals surface area contributed by atoms with Crippen molar-refractivity contribution in [2.45, 2.75) is 56.6 Å². The quantitative estimate of drug-likeness (QED) is 0.816. The van der Waals surface area contributed by atoms with Crippen LogP contribution in [0.15, 0.2) is 10.5 Å². The van der Waals surface area contributed by atoms with Gasteiger partial charge in [-0.15, -0.1) is 11.3 Å². The molecule has 0 spiro atoms. The third-order valence-corrected chi connectivity index (χ3v) is 4.97. The predicted octanol–water partition coefficient (Wildman–Crippen LogP) is 3.32. The lowest BCUT2D eigenvalue weighted by atomic mass is 9.96. The van der Waals surface area contributed by atoms with Gasteiger partial charge in [0, 0.05) is 16.8 Å². The summed E-state index contributed by atoms with van der Waals surface area (Å²) in [6, 6.07) is 0. The standard InChI is InChI=1S/C13H23NO2S2/c1-9(2)16-7-10(15)8-17-12-14-6-11(18-12)13(3,4)5/h6,9-10,15H,7-8H2,1-5H3. The molecule has 18 heavy (non-hydrogen) atoms. The Labute approximate surface area is 118 Å². The van der Waals surface area contributed by atoms with Gasteiger partial charge in [-0.3, -0.25) is 0 Å². The Bertz CT molecular complexity index is 358. The smallest absolute Gasteiger partial charge is 0.150 e. The Morgan fingerprint density at radius 1 is 1.44 bits per heavy atom. The highest BCUT2D eigenvalue weighted by Crippen LogP contribution is 2.32. The zero-order valence-corrected chi connectivity index (χ0v) is 13.4. The van der Waals surface area contributed by atoms with Crippen LogP contribution in [0.25, 0.3) is 0 Å². The van der Waals surface area contributed by atoms with E-state index in [1.807, 2.05) is 20.0 Å². The fourth-order valence-corrected chi connectivity index (χ4v) is 3.16. The molecule has 0 radical (unpaired) electrons. The van der Waals surface area contributed by atoms with Gasteiger partial charge in [0.2, 0.25) is 0 Å². The third-order valence-electron chi connectivity index (χ3n) is 2.24. The molecule has 1 N–H and O–H groups in total. The van der Waals surface area contributed by atoms with E-state index in [0.717, 1.165) is 4.34 Å². The molecule has 1 aromatic heterocycles. The molecule has 104 valence electrons. The summed E-state index contributed by atoms with van der Waals surface area (Å²) in [6.45, 7) is 10.9. The van der Waals surface area contributed by atoms with Gasteiger partial charge in [-0.2, -0.15) is 0 Å². The zero-order chi connectivity index (χ0) is 13.8. The molecule has 1 rings (SSSR count). The van der Waals surface area contributed by atoms with Crippen LogP contribution in [-0.2, 0) is 10.2 Å². The Morgan fingerprint density at radius 3 is 2.61 bits per heavy atom. The number of rotatable bonds is 6. The lowest BCUT2D eigenvalue weighted by Crippen LogP contribution is -2.20. The van der Waals surface area contributed by atoms with Crippen molar-refractivity contribution in [3.05, 3.63) is 11.1 Å². The summed E-state index contributed by atoms with van der Waals surface area (Å²) in [7, 11) is 0. The van der Waals surface area contributed by atoms with Crippen molar-refractivity contribution in [1.29, 1.82) is 0 Å². The van der Waals surface area contributed by atoms with Crippen molar-refractivity contribution in [2.24, 2.45) is 0 Å². The molecule has 0 saturated heterocycles. The summed E-state index contributed by atoms with van der Waals surface area (Å²) < 4.78 is 6.39. The van der Waals surface area contributed by atoms with E-state index >= 15 is 0 Å². The molecule has 1 heterocycles. The Morgan fingerprint density at radius 2 is 2.11 bits per heavy atom. The predicted molar refractivity (Wildman–Crippen MR) is 78.6 cm³/mol. The van der Waals surface area contributed by atoms with Gasteiger partial charge in [0.05, 0.1) is 18.8 Å². The Balaban J connectivity index is 2.37. The van der Waals surface area contributed by atoms with Gasteiger partial charge >= 0.3 is 0 Å². The molecule has 1 aromatic rings. The number of hydrogen-bond acceptors (Lipinski definition) is 5. The number of ether oxygens (including phenoxy) is 1. The van der Waals surface area contributed by atoms with Gasteiger partial charge in [0.15, 0.2) is 0 Å². The number of nitrogens with zero attached hydrogens (tertiary/aromatic N) is 1. The molecule has 1 unspecified atom stereocenters. The maximum atomic E-state index is 9.76. The fraction of sp³-hybridized carbons (Fsp3) is 0.769. The topological polar surface area (TPSA) is 42.4 Å². The first-order valence-electron chi connectivity index (χ1n) is 6.18. The molecule has 0 aliphatic rings. The minimum absolute atomic E-state index is 0.149. The van der Waals surface area contributed by atoms with Crippen LogP contribution in [0.1, 0.15) is 39.5 Å². The van der Waals surface area contributed by atoms with Crippen LogP contribution in [0.3, 0.4) is 0 Å². The van der Waals surface area contributed by atoms with Crippen molar-refractivity contribution in [3.63, 3.8) is 0 Å². The van der Waals surface area contributed by atoms with Crippen molar-refractivity contribution in [2.75, 3.05) is 12.4 Å². The minimum atomic E-state index is -0.431. The summed E-state index contributed by atoms with van der Waals surface area (Å²) in [5.41, 5.74) is 0.149. The minimum Gasteiger partial charge on any atom is -0.390 e. The number of thiazole rings is 1. The zero-order valence-electron chi connectivity index (χ0n) is 11.8. The molecule has 3 nitrogen and oxygen atoms in total. The fourth-order valence-electron chi connectivity index (χ4n) is 1.19. The largest absolute Gasteiger partial charge is 0.390 e. The molecule has 0 aromatic carbocycles.